The van der Waals surface area contributed by atoms with Gasteiger partial charge in [0.2, 0.25) is 0 Å². The van der Waals surface area contributed by atoms with Gasteiger partial charge in [0.05, 0.1) is 30.2 Å². The highest BCUT2D eigenvalue weighted by Crippen LogP contribution is 2.39. The largest absolute Gasteiger partial charge is 0.390 e. The number of carbonyl (C=O) groups is 1. The van der Waals surface area contributed by atoms with Crippen LogP contribution in [0.5, 0.6) is 0 Å². The second kappa shape index (κ2) is 9.80. The summed E-state index contributed by atoms with van der Waals surface area (Å²) < 4.78 is 34.8. The lowest BCUT2D eigenvalue weighted by Crippen LogP contribution is -2.49. The number of nitrogens with one attached hydrogen (secondary N) is 1. The van der Waals surface area contributed by atoms with Gasteiger partial charge in [-0.15, -0.1) is 9.24 Å². The molecule has 3 N–H and O–H groups in total. The van der Waals surface area contributed by atoms with Crippen LogP contribution in [0.4, 0.5) is 14.5 Å². The number of rotatable bonds is 4. The maximum atomic E-state index is 14.5. The van der Waals surface area contributed by atoms with Crippen molar-refractivity contribution in [2.45, 2.75) is 38.3 Å². The molecular weight excluding hydrogens is 463 g/mol. The second-order valence-corrected chi connectivity index (χ2v) is 8.87. The third-order valence-electron chi connectivity index (χ3n) is 5.98. The topological polar surface area (TPSA) is 105 Å². The highest BCUT2D eigenvalue weighted by Gasteiger charge is 2.41. The average molecular weight is 487 g/mol. The minimum Gasteiger partial charge on any atom is -0.390 e. The summed E-state index contributed by atoms with van der Waals surface area (Å²) >= 11 is 0. The van der Waals surface area contributed by atoms with Gasteiger partial charge in [0.25, 0.3) is 5.91 Å². The Kier molecular flexibility index (Phi) is 7.00. The van der Waals surface area contributed by atoms with Crippen LogP contribution in [0.3, 0.4) is 0 Å². The van der Waals surface area contributed by atoms with Gasteiger partial charge >= 0.3 is 0 Å². The number of aromatic nitrogens is 2. The van der Waals surface area contributed by atoms with Crippen molar-refractivity contribution in [1.29, 1.82) is 0 Å². The fourth-order valence-corrected chi connectivity index (χ4v) is 4.42. The molecule has 34 heavy (non-hydrogen) atoms. The fourth-order valence-electron chi connectivity index (χ4n) is 4.04. The number of anilines is 1. The van der Waals surface area contributed by atoms with Crippen LogP contribution in [0.1, 0.15) is 36.0 Å². The Bertz CT molecular complexity index is 1210. The van der Waals surface area contributed by atoms with Crippen LogP contribution in [0.15, 0.2) is 48.8 Å². The quantitative estimate of drug-likeness (QED) is 0.489. The van der Waals surface area contributed by atoms with Crippen LogP contribution in [-0.4, -0.2) is 44.4 Å². The zero-order valence-corrected chi connectivity index (χ0v) is 19.6. The molecule has 6 atom stereocenters. The van der Waals surface area contributed by atoms with Crippen molar-refractivity contribution in [2.75, 3.05) is 5.32 Å². The number of amides is 1. The number of aliphatic hydroxyl groups excluding tert-OH is 2. The SMILES string of the molecule is CC1OC(c2ccncc2NC(=O)c2ccc(F)c(-c3c(F)cccc3P)n2)C(C)C(O)C1O. The summed E-state index contributed by atoms with van der Waals surface area (Å²) in [5.41, 5.74) is 0.410. The summed E-state index contributed by atoms with van der Waals surface area (Å²) in [4.78, 5) is 21.2. The fraction of sp³-hybridized carbons (Fsp3) is 0.292. The molecule has 1 aliphatic heterocycles. The van der Waals surface area contributed by atoms with Crippen molar-refractivity contribution >= 4 is 26.1 Å². The molecule has 0 spiro atoms. The van der Waals surface area contributed by atoms with E-state index >= 15 is 0 Å². The van der Waals surface area contributed by atoms with E-state index < -0.39 is 47.9 Å². The van der Waals surface area contributed by atoms with Gasteiger partial charge in [-0.1, -0.05) is 19.1 Å². The summed E-state index contributed by atoms with van der Waals surface area (Å²) in [6.45, 7) is 3.39. The molecule has 3 heterocycles. The first-order chi connectivity index (χ1) is 16.2. The molecule has 0 aliphatic carbocycles. The number of ether oxygens (including phenoxy) is 1. The molecule has 178 valence electrons. The number of carbonyl (C=O) groups excluding carboxylic acids is 1. The Morgan fingerprint density at radius 2 is 1.85 bits per heavy atom. The zero-order valence-electron chi connectivity index (χ0n) is 18.4. The van der Waals surface area contributed by atoms with E-state index in [2.05, 4.69) is 24.5 Å². The Balaban J connectivity index is 1.65. The summed E-state index contributed by atoms with van der Waals surface area (Å²) in [5.74, 6) is -2.56. The lowest BCUT2D eigenvalue weighted by Gasteiger charge is -2.41. The maximum Gasteiger partial charge on any atom is 0.274 e. The van der Waals surface area contributed by atoms with E-state index in [1.165, 1.54) is 30.6 Å². The summed E-state index contributed by atoms with van der Waals surface area (Å²) in [5, 5.41) is 23.6. The number of nitrogens with zero attached hydrogens (tertiary/aromatic N) is 2. The van der Waals surface area contributed by atoms with Crippen LogP contribution in [0.25, 0.3) is 11.3 Å². The van der Waals surface area contributed by atoms with Crippen molar-refractivity contribution in [3.63, 3.8) is 0 Å². The van der Waals surface area contributed by atoms with Gasteiger partial charge in [-0.05, 0) is 36.5 Å². The Morgan fingerprint density at radius 1 is 1.09 bits per heavy atom. The highest BCUT2D eigenvalue weighted by atomic mass is 31.0. The van der Waals surface area contributed by atoms with E-state index in [4.69, 9.17) is 4.74 Å². The molecule has 10 heteroatoms. The maximum absolute atomic E-state index is 14.5. The molecule has 3 aromatic rings. The van der Waals surface area contributed by atoms with Crippen LogP contribution < -0.4 is 10.6 Å². The molecule has 0 saturated carbocycles. The van der Waals surface area contributed by atoms with E-state index in [-0.39, 0.29) is 17.0 Å². The van der Waals surface area contributed by atoms with E-state index in [1.54, 1.807) is 26.0 Å². The average Bonchev–Trinajstić information content (AvgIpc) is 2.81. The van der Waals surface area contributed by atoms with Crippen molar-refractivity contribution in [1.82, 2.24) is 9.97 Å². The first kappa shape index (κ1) is 24.3. The van der Waals surface area contributed by atoms with Gasteiger partial charge in [-0.25, -0.2) is 13.8 Å². The molecule has 1 aromatic carbocycles. The number of pyridine rings is 2. The van der Waals surface area contributed by atoms with E-state index in [0.29, 0.717) is 16.6 Å². The smallest absolute Gasteiger partial charge is 0.274 e. The molecule has 0 bridgehead atoms. The molecule has 0 radical (unpaired) electrons. The van der Waals surface area contributed by atoms with Gasteiger partial charge in [0.15, 0.2) is 0 Å². The minimum absolute atomic E-state index is 0.0484. The summed E-state index contributed by atoms with van der Waals surface area (Å²) in [6.07, 6.45) is -0.358. The van der Waals surface area contributed by atoms with Gasteiger partial charge in [0.1, 0.15) is 29.1 Å². The molecule has 2 aromatic heterocycles. The van der Waals surface area contributed by atoms with Crippen LogP contribution in [0, 0.1) is 17.6 Å². The lowest BCUT2D eigenvalue weighted by atomic mass is 9.85. The van der Waals surface area contributed by atoms with E-state index in [0.717, 1.165) is 6.07 Å². The zero-order chi connectivity index (χ0) is 24.6. The number of halogens is 2. The Morgan fingerprint density at radius 3 is 2.59 bits per heavy atom. The van der Waals surface area contributed by atoms with Crippen molar-refractivity contribution in [3.05, 3.63) is 71.7 Å². The van der Waals surface area contributed by atoms with Crippen LogP contribution >= 0.6 is 9.24 Å². The standard InChI is InChI=1S/C24H24F2N3O4P/c1-11-21(30)22(31)12(2)33-23(11)13-8-9-27-10-17(13)29-24(32)16-7-6-15(26)20(28-16)19-14(25)4-3-5-18(19)34/h3-12,21-23,30-31H,34H2,1-2H3,(H,29,32). The van der Waals surface area contributed by atoms with Crippen molar-refractivity contribution in [2.24, 2.45) is 5.92 Å². The first-order valence-electron chi connectivity index (χ1n) is 10.7. The summed E-state index contributed by atoms with van der Waals surface area (Å²) in [7, 11) is 2.33. The van der Waals surface area contributed by atoms with E-state index in [1.807, 2.05) is 0 Å². The van der Waals surface area contributed by atoms with Gasteiger partial charge in [-0.2, -0.15) is 0 Å². The van der Waals surface area contributed by atoms with Crippen LogP contribution in [-0.2, 0) is 4.74 Å². The molecule has 6 unspecified atom stereocenters. The number of benzene rings is 1. The predicted octanol–water partition coefficient (Wildman–Crippen LogP) is 2.99. The minimum atomic E-state index is -1.03. The number of hydrogen-bond acceptors (Lipinski definition) is 6. The molecule has 4 rings (SSSR count). The molecule has 1 amide bonds. The van der Waals surface area contributed by atoms with Crippen LogP contribution in [0.2, 0.25) is 0 Å². The second-order valence-electron chi connectivity index (χ2n) is 8.25. The molecular formula is C24H24F2N3O4P. The Labute approximate surface area is 197 Å². The highest BCUT2D eigenvalue weighted by molar-refractivity contribution is 7.28. The van der Waals surface area contributed by atoms with E-state index in [9.17, 15) is 23.8 Å². The molecule has 1 saturated heterocycles. The summed E-state index contributed by atoms with van der Waals surface area (Å²) in [6, 6.07) is 8.19. The van der Waals surface area contributed by atoms with Gasteiger partial charge in [-0.3, -0.25) is 9.78 Å². The third-order valence-corrected chi connectivity index (χ3v) is 6.46. The Hall–Kier alpha value is -2.84. The number of aliphatic hydroxyl groups is 2. The molecule has 1 fully saturated rings. The van der Waals surface area contributed by atoms with Gasteiger partial charge < -0.3 is 20.3 Å². The molecule has 1 aliphatic rings. The van der Waals surface area contributed by atoms with Crippen molar-refractivity contribution < 1.29 is 28.5 Å². The third kappa shape index (κ3) is 4.57. The lowest BCUT2D eigenvalue weighted by molar-refractivity contribution is -0.192. The van der Waals surface area contributed by atoms with Gasteiger partial charge in [0, 0.05) is 23.2 Å². The first-order valence-corrected chi connectivity index (χ1v) is 11.2. The number of hydrogen-bond donors (Lipinski definition) is 3. The predicted molar refractivity (Wildman–Crippen MR) is 126 cm³/mol. The van der Waals surface area contributed by atoms with Crippen molar-refractivity contribution in [3.8, 4) is 11.3 Å². The molecule has 7 nitrogen and oxygen atoms in total. The monoisotopic (exact) mass is 487 g/mol. The normalized spacial score (nSPS) is 24.6.